The predicted octanol–water partition coefficient (Wildman–Crippen LogP) is 4.29. The number of carbonyl (C=O) groups is 1. The van der Waals surface area contributed by atoms with Gasteiger partial charge in [-0.25, -0.2) is 0 Å². The molecule has 4 aromatic rings. The maximum absolute atomic E-state index is 12.3. The van der Waals surface area contributed by atoms with Crippen LogP contribution in [0.3, 0.4) is 0 Å². The Labute approximate surface area is 153 Å². The van der Waals surface area contributed by atoms with E-state index < -0.39 is 0 Å². The van der Waals surface area contributed by atoms with Crippen LogP contribution in [0.5, 0.6) is 0 Å². The quantitative estimate of drug-likeness (QED) is 0.546. The third kappa shape index (κ3) is 3.12. The summed E-state index contributed by atoms with van der Waals surface area (Å²) in [5.74, 6) is 0.241. The van der Waals surface area contributed by atoms with E-state index in [9.17, 15) is 4.79 Å². The van der Waals surface area contributed by atoms with Gasteiger partial charge in [-0.1, -0.05) is 17.8 Å². The van der Waals surface area contributed by atoms with Crippen molar-refractivity contribution in [1.29, 1.82) is 0 Å². The van der Waals surface area contributed by atoms with Crippen LogP contribution < -0.4 is 5.32 Å². The molecule has 3 aromatic heterocycles. The summed E-state index contributed by atoms with van der Waals surface area (Å²) >= 11 is 3.09. The van der Waals surface area contributed by atoms with Gasteiger partial charge in [0.15, 0.2) is 0 Å². The van der Waals surface area contributed by atoms with Gasteiger partial charge in [0.1, 0.15) is 11.4 Å². The molecule has 0 radical (unpaired) electrons. The summed E-state index contributed by atoms with van der Waals surface area (Å²) < 4.78 is 3.21. The van der Waals surface area contributed by atoms with Crippen LogP contribution >= 0.6 is 23.1 Å². The number of carbonyl (C=O) groups excluding carboxylic acids is 1. The molecule has 0 aliphatic rings. The lowest BCUT2D eigenvalue weighted by atomic mass is 10.1. The molecule has 5 nitrogen and oxygen atoms in total. The lowest BCUT2D eigenvalue weighted by Gasteiger charge is -2.07. The Hall–Kier alpha value is -2.38. The summed E-state index contributed by atoms with van der Waals surface area (Å²) in [5, 5.41) is 14.0. The number of hydrogen-bond acceptors (Lipinski definition) is 5. The van der Waals surface area contributed by atoms with Crippen LogP contribution in [0, 0.1) is 13.8 Å². The summed E-state index contributed by atoms with van der Waals surface area (Å²) in [6.45, 7) is 4.09. The molecule has 3 heterocycles. The molecule has 0 aliphatic heterocycles. The first-order valence-corrected chi connectivity index (χ1v) is 9.68. The highest BCUT2D eigenvalue weighted by Crippen LogP contribution is 2.29. The third-order valence-electron chi connectivity index (χ3n) is 4.13. The van der Waals surface area contributed by atoms with Crippen LogP contribution in [0.4, 0.5) is 5.69 Å². The zero-order chi connectivity index (χ0) is 17.4. The highest BCUT2D eigenvalue weighted by atomic mass is 32.2. The zero-order valence-corrected chi connectivity index (χ0v) is 15.4. The van der Waals surface area contributed by atoms with Crippen molar-refractivity contribution >= 4 is 50.4 Å². The van der Waals surface area contributed by atoms with Gasteiger partial charge in [0, 0.05) is 5.69 Å². The van der Waals surface area contributed by atoms with Crippen molar-refractivity contribution in [3.8, 4) is 0 Å². The molecule has 0 bridgehead atoms. The number of aromatic nitrogens is 3. The van der Waals surface area contributed by atoms with E-state index in [0.29, 0.717) is 5.75 Å². The summed E-state index contributed by atoms with van der Waals surface area (Å²) in [6, 6.07) is 10.1. The fourth-order valence-electron chi connectivity index (χ4n) is 2.67. The number of aryl methyl sites for hydroxylation is 2. The van der Waals surface area contributed by atoms with E-state index in [0.717, 1.165) is 27.3 Å². The smallest absolute Gasteiger partial charge is 0.234 e. The van der Waals surface area contributed by atoms with E-state index in [1.54, 1.807) is 17.7 Å². The van der Waals surface area contributed by atoms with E-state index in [-0.39, 0.29) is 5.91 Å². The van der Waals surface area contributed by atoms with Gasteiger partial charge in [-0.2, -0.15) is 0 Å². The van der Waals surface area contributed by atoms with Crippen molar-refractivity contribution in [2.75, 3.05) is 11.1 Å². The number of thiophene rings is 1. The number of hydrogen-bond donors (Lipinski definition) is 1. The van der Waals surface area contributed by atoms with Crippen LogP contribution in [-0.2, 0) is 4.79 Å². The molecule has 0 aliphatic carbocycles. The average molecular weight is 368 g/mol. The molecule has 126 valence electrons. The van der Waals surface area contributed by atoms with Crippen molar-refractivity contribution < 1.29 is 4.79 Å². The fraction of sp³-hybridized carbons (Fsp3) is 0.167. The Morgan fingerprint density at radius 2 is 2.08 bits per heavy atom. The maximum atomic E-state index is 12.3. The highest BCUT2D eigenvalue weighted by Gasteiger charge is 2.12. The Kier molecular flexibility index (Phi) is 4.19. The number of thioether (sulfide) groups is 1. The molecule has 1 aromatic carbocycles. The molecule has 0 unspecified atom stereocenters. The van der Waals surface area contributed by atoms with Crippen molar-refractivity contribution in [3.05, 3.63) is 53.2 Å². The van der Waals surface area contributed by atoms with E-state index in [1.165, 1.54) is 22.0 Å². The molecule has 0 saturated heterocycles. The maximum Gasteiger partial charge on any atom is 0.234 e. The normalized spacial score (nSPS) is 11.3. The standard InChI is InChI=1S/C18H16N4OS2/c1-11-3-4-13(7-12(11)2)20-17(23)9-25-18-15-8-16-14(5-6-24-16)22(15)10-19-21-18/h3-8,10H,9H2,1-2H3,(H,20,23). The minimum absolute atomic E-state index is 0.0505. The van der Waals surface area contributed by atoms with Gasteiger partial charge in [0.05, 0.1) is 21.5 Å². The molecule has 0 fully saturated rings. The van der Waals surface area contributed by atoms with Gasteiger partial charge in [-0.3, -0.25) is 9.20 Å². The Morgan fingerprint density at radius 3 is 2.92 bits per heavy atom. The van der Waals surface area contributed by atoms with E-state index in [2.05, 4.69) is 40.0 Å². The first kappa shape index (κ1) is 16.1. The minimum atomic E-state index is -0.0505. The third-order valence-corrected chi connectivity index (χ3v) is 5.95. The average Bonchev–Trinajstić information content (AvgIpc) is 3.18. The summed E-state index contributed by atoms with van der Waals surface area (Å²) in [5.41, 5.74) is 5.30. The van der Waals surface area contributed by atoms with Gasteiger partial charge < -0.3 is 5.32 Å². The Bertz CT molecular complexity index is 1080. The lowest BCUT2D eigenvalue weighted by Crippen LogP contribution is -2.14. The summed E-state index contributed by atoms with van der Waals surface area (Å²) in [4.78, 5) is 12.3. The Morgan fingerprint density at radius 1 is 1.20 bits per heavy atom. The van der Waals surface area contributed by atoms with Gasteiger partial charge in [0.25, 0.3) is 0 Å². The monoisotopic (exact) mass is 368 g/mol. The molecular weight excluding hydrogens is 352 g/mol. The topological polar surface area (TPSA) is 59.3 Å². The second-order valence-electron chi connectivity index (χ2n) is 5.84. The molecular formula is C18H16N4OS2. The van der Waals surface area contributed by atoms with Gasteiger partial charge in [0.2, 0.25) is 5.91 Å². The highest BCUT2D eigenvalue weighted by molar-refractivity contribution is 8.00. The molecule has 4 rings (SSSR count). The summed E-state index contributed by atoms with van der Waals surface area (Å²) in [7, 11) is 0. The molecule has 1 N–H and O–H groups in total. The fourth-order valence-corrected chi connectivity index (χ4v) is 4.23. The molecule has 1 amide bonds. The number of benzene rings is 1. The number of fused-ring (bicyclic) bond motifs is 3. The number of rotatable bonds is 4. The van der Waals surface area contributed by atoms with Crippen LogP contribution in [0.2, 0.25) is 0 Å². The van der Waals surface area contributed by atoms with E-state index in [1.807, 2.05) is 29.5 Å². The number of nitrogens with zero attached hydrogens (tertiary/aromatic N) is 3. The lowest BCUT2D eigenvalue weighted by molar-refractivity contribution is -0.113. The molecule has 25 heavy (non-hydrogen) atoms. The predicted molar refractivity (Wildman–Crippen MR) is 104 cm³/mol. The van der Waals surface area contributed by atoms with E-state index >= 15 is 0 Å². The zero-order valence-electron chi connectivity index (χ0n) is 13.8. The number of nitrogens with one attached hydrogen (secondary N) is 1. The van der Waals surface area contributed by atoms with Crippen LogP contribution in [0.1, 0.15) is 11.1 Å². The van der Waals surface area contributed by atoms with Crippen LogP contribution in [0.25, 0.3) is 15.7 Å². The van der Waals surface area contributed by atoms with Crippen molar-refractivity contribution in [2.24, 2.45) is 0 Å². The van der Waals surface area contributed by atoms with E-state index in [4.69, 9.17) is 0 Å². The first-order valence-electron chi connectivity index (χ1n) is 7.81. The van der Waals surface area contributed by atoms with Crippen molar-refractivity contribution in [1.82, 2.24) is 14.6 Å². The molecule has 0 saturated carbocycles. The van der Waals surface area contributed by atoms with Gasteiger partial charge in [-0.15, -0.1) is 21.5 Å². The molecule has 0 atom stereocenters. The number of anilines is 1. The largest absolute Gasteiger partial charge is 0.325 e. The van der Waals surface area contributed by atoms with Crippen LogP contribution in [-0.4, -0.2) is 26.3 Å². The SMILES string of the molecule is Cc1ccc(NC(=O)CSc2nncn3c2cc2sccc23)cc1C. The van der Waals surface area contributed by atoms with Crippen molar-refractivity contribution in [2.45, 2.75) is 18.9 Å². The van der Waals surface area contributed by atoms with Gasteiger partial charge in [-0.05, 0) is 54.6 Å². The molecule has 0 spiro atoms. The molecule has 7 heteroatoms. The first-order chi connectivity index (χ1) is 12.1. The van der Waals surface area contributed by atoms with Crippen LogP contribution in [0.15, 0.2) is 47.1 Å². The second-order valence-corrected chi connectivity index (χ2v) is 7.75. The Balaban J connectivity index is 1.50. The number of amides is 1. The van der Waals surface area contributed by atoms with Crippen molar-refractivity contribution in [3.63, 3.8) is 0 Å². The second kappa shape index (κ2) is 6.50. The van der Waals surface area contributed by atoms with Gasteiger partial charge >= 0.3 is 0 Å². The minimum Gasteiger partial charge on any atom is -0.325 e. The summed E-state index contributed by atoms with van der Waals surface area (Å²) in [6.07, 6.45) is 1.71.